The first-order chi connectivity index (χ1) is 38.5. The molecule has 370 valence electrons. The van der Waals surface area contributed by atoms with E-state index in [2.05, 4.69) is 231 Å². The zero-order chi connectivity index (χ0) is 51.1. The van der Waals surface area contributed by atoms with Crippen LogP contribution in [0.25, 0.3) is 110 Å². The molecule has 4 fully saturated rings. The Bertz CT molecular complexity index is 4330. The van der Waals surface area contributed by atoms with Gasteiger partial charge in [0.15, 0.2) is 17.5 Å². The van der Waals surface area contributed by atoms with Gasteiger partial charge in [-0.3, -0.25) is 0 Å². The molecule has 0 unspecified atom stereocenters. The van der Waals surface area contributed by atoms with Crippen molar-refractivity contribution in [2.24, 2.45) is 17.8 Å². The van der Waals surface area contributed by atoms with Crippen molar-refractivity contribution in [3.63, 3.8) is 0 Å². The molecule has 12 aromatic rings. The van der Waals surface area contributed by atoms with Crippen molar-refractivity contribution in [2.45, 2.75) is 49.4 Å². The van der Waals surface area contributed by atoms with Gasteiger partial charge in [0.2, 0.25) is 0 Å². The summed E-state index contributed by atoms with van der Waals surface area (Å²) in [6.07, 6.45) is 8.41. The van der Waals surface area contributed by atoms with Gasteiger partial charge in [0, 0.05) is 36.9 Å². The van der Waals surface area contributed by atoms with Crippen molar-refractivity contribution in [3.8, 4) is 89.8 Å². The van der Waals surface area contributed by atoms with E-state index >= 15 is 0 Å². The summed E-state index contributed by atoms with van der Waals surface area (Å²) < 4.78 is 2.52. The van der Waals surface area contributed by atoms with Crippen molar-refractivity contribution in [3.05, 3.63) is 258 Å². The Morgan fingerprint density at radius 2 is 0.782 bits per heavy atom. The molecule has 4 saturated carbocycles. The molecule has 0 amide bonds. The molecule has 0 radical (unpaired) electrons. The molecule has 2 heterocycles. The summed E-state index contributed by atoms with van der Waals surface area (Å²) in [5, 5.41) is 2.46. The number of benzene rings is 10. The van der Waals surface area contributed by atoms with E-state index in [1.807, 2.05) is 11.3 Å². The molecule has 78 heavy (non-hydrogen) atoms. The van der Waals surface area contributed by atoms with Crippen LogP contribution in [0.15, 0.2) is 231 Å². The van der Waals surface area contributed by atoms with E-state index in [0.717, 1.165) is 51.1 Å². The number of hydrogen-bond donors (Lipinski definition) is 0. The molecule has 6 aliphatic carbocycles. The first-order valence-electron chi connectivity index (χ1n) is 28.1. The molecule has 0 saturated heterocycles. The SMILES string of the molecule is c1ccc(-c2ccc(-c3cc(-c4ccc(C56CC7CC(CC(C7)C5)C6)cc4)cc(-c4nc(-c5ccc6sc7ccccc7c6c5)nc(-c5cccc6c5-c5ccccc5C65c6ccccc6-c6ccccc65)n4)c3)cc2)cc1. The van der Waals surface area contributed by atoms with Crippen molar-refractivity contribution < 1.29 is 0 Å². The number of hydrogen-bond acceptors (Lipinski definition) is 4. The average molecular weight is 1020 g/mol. The van der Waals surface area contributed by atoms with Crippen LogP contribution in [0.4, 0.5) is 0 Å². The zero-order valence-corrected chi connectivity index (χ0v) is 44.0. The Labute approximate surface area is 459 Å². The second-order valence-corrected chi connectivity index (χ2v) is 24.3. The predicted octanol–water partition coefficient (Wildman–Crippen LogP) is 19.1. The zero-order valence-electron chi connectivity index (χ0n) is 43.2. The van der Waals surface area contributed by atoms with Crippen LogP contribution < -0.4 is 0 Å². The maximum atomic E-state index is 5.68. The van der Waals surface area contributed by atoms with Crippen molar-refractivity contribution in [1.29, 1.82) is 0 Å². The minimum atomic E-state index is -0.497. The molecule has 4 heteroatoms. The molecule has 4 bridgehead atoms. The van der Waals surface area contributed by atoms with E-state index < -0.39 is 5.41 Å². The van der Waals surface area contributed by atoms with Crippen LogP contribution in [0.1, 0.15) is 66.3 Å². The Hall–Kier alpha value is -8.57. The minimum absolute atomic E-state index is 0.332. The molecule has 0 aliphatic heterocycles. The summed E-state index contributed by atoms with van der Waals surface area (Å²) in [7, 11) is 0. The standard InChI is InChI=1S/C74H53N3S/c1-2-13-48(14-3-1)49-25-27-50(28-26-49)53-38-54(51-29-32-56(33-30-51)73-42-45-35-46(43-73)37-47(36-45)44-73)40-55(39-53)71-75-70(52-31-34-68-62(41-52)59-17-7-11-24-67(59)78-68)76-72(77-71)61-19-12-23-66-69(61)60-18-6-10-22-65(60)74(66)63-20-8-4-15-57(63)58-16-5-9-21-64(58)74/h1-34,38-41,45-47H,35-37,42-44H2. The van der Waals surface area contributed by atoms with Crippen molar-refractivity contribution in [2.75, 3.05) is 0 Å². The lowest BCUT2D eigenvalue weighted by atomic mass is 9.48. The Morgan fingerprint density at radius 3 is 1.45 bits per heavy atom. The quantitative estimate of drug-likeness (QED) is 0.160. The second-order valence-electron chi connectivity index (χ2n) is 23.2. The summed E-state index contributed by atoms with van der Waals surface area (Å²) >= 11 is 1.83. The van der Waals surface area contributed by atoms with E-state index in [1.54, 1.807) is 5.56 Å². The highest BCUT2D eigenvalue weighted by atomic mass is 32.1. The Morgan fingerprint density at radius 1 is 0.321 bits per heavy atom. The van der Waals surface area contributed by atoms with Crippen LogP contribution in [-0.2, 0) is 10.8 Å². The summed E-state index contributed by atoms with van der Waals surface area (Å²) in [4.78, 5) is 16.8. The first-order valence-corrected chi connectivity index (χ1v) is 28.9. The summed E-state index contributed by atoms with van der Waals surface area (Å²) in [6, 6.07) is 85.8. The molecule has 0 N–H and O–H groups in total. The lowest BCUT2D eigenvalue weighted by molar-refractivity contribution is -0.00518. The van der Waals surface area contributed by atoms with E-state index in [4.69, 9.17) is 15.0 Å². The third-order valence-electron chi connectivity index (χ3n) is 18.9. The van der Waals surface area contributed by atoms with Crippen molar-refractivity contribution in [1.82, 2.24) is 15.0 Å². The van der Waals surface area contributed by atoms with E-state index in [-0.39, 0.29) is 0 Å². The third-order valence-corrected chi connectivity index (χ3v) is 20.1. The van der Waals surface area contributed by atoms with Gasteiger partial charge in [-0.1, -0.05) is 188 Å². The maximum Gasteiger partial charge on any atom is 0.164 e. The number of thiophene rings is 1. The Kier molecular flexibility index (Phi) is 9.69. The fourth-order valence-corrected chi connectivity index (χ4v) is 17.1. The van der Waals surface area contributed by atoms with E-state index in [0.29, 0.717) is 22.9 Å². The highest BCUT2D eigenvalue weighted by Gasteiger charge is 2.53. The third kappa shape index (κ3) is 6.66. The largest absolute Gasteiger partial charge is 0.208 e. The van der Waals surface area contributed by atoms with Gasteiger partial charge in [-0.25, -0.2) is 15.0 Å². The first kappa shape index (κ1) is 44.5. The van der Waals surface area contributed by atoms with Gasteiger partial charge in [0.1, 0.15) is 0 Å². The minimum Gasteiger partial charge on any atom is -0.208 e. The highest BCUT2D eigenvalue weighted by Crippen LogP contribution is 2.64. The van der Waals surface area contributed by atoms with Crippen LogP contribution in [0.5, 0.6) is 0 Å². The summed E-state index contributed by atoms with van der Waals surface area (Å²) in [6.45, 7) is 0. The second kappa shape index (κ2) is 17.0. The van der Waals surface area contributed by atoms with Crippen LogP contribution in [0.3, 0.4) is 0 Å². The van der Waals surface area contributed by atoms with Gasteiger partial charge in [-0.15, -0.1) is 11.3 Å². The summed E-state index contributed by atoms with van der Waals surface area (Å²) in [5.74, 6) is 4.65. The molecule has 1 spiro atoms. The predicted molar refractivity (Wildman–Crippen MR) is 321 cm³/mol. The molecular formula is C74H53N3S. The molecule has 6 aliphatic rings. The molecule has 10 aromatic carbocycles. The van der Waals surface area contributed by atoms with Gasteiger partial charge in [0.25, 0.3) is 0 Å². The number of nitrogens with zero attached hydrogens (tertiary/aromatic N) is 3. The molecule has 3 nitrogen and oxygen atoms in total. The number of rotatable bonds is 7. The smallest absolute Gasteiger partial charge is 0.164 e. The van der Waals surface area contributed by atoms with Crippen LogP contribution in [0.2, 0.25) is 0 Å². The number of fused-ring (bicyclic) bond motifs is 13. The lowest BCUT2D eigenvalue weighted by Crippen LogP contribution is -2.48. The van der Waals surface area contributed by atoms with E-state index in [1.165, 1.54) is 120 Å². The monoisotopic (exact) mass is 1020 g/mol. The van der Waals surface area contributed by atoms with Crippen LogP contribution >= 0.6 is 11.3 Å². The van der Waals surface area contributed by atoms with Gasteiger partial charge in [0.05, 0.1) is 5.41 Å². The van der Waals surface area contributed by atoms with Crippen LogP contribution in [0, 0.1) is 17.8 Å². The Balaban J connectivity index is 0.877. The lowest BCUT2D eigenvalue weighted by Gasteiger charge is -2.57. The molecule has 0 atom stereocenters. The highest BCUT2D eigenvalue weighted by molar-refractivity contribution is 7.25. The van der Waals surface area contributed by atoms with Crippen LogP contribution in [-0.4, -0.2) is 15.0 Å². The van der Waals surface area contributed by atoms with Gasteiger partial charge < -0.3 is 0 Å². The molecule has 18 rings (SSSR count). The van der Waals surface area contributed by atoms with Gasteiger partial charge in [-0.2, -0.15) is 0 Å². The fraction of sp³-hybridized carbons (Fsp3) is 0.149. The van der Waals surface area contributed by atoms with Crippen molar-refractivity contribution >= 4 is 31.5 Å². The maximum absolute atomic E-state index is 5.68. The van der Waals surface area contributed by atoms with Gasteiger partial charge >= 0.3 is 0 Å². The van der Waals surface area contributed by atoms with E-state index in [9.17, 15) is 0 Å². The normalized spacial score (nSPS) is 19.8. The topological polar surface area (TPSA) is 38.7 Å². The molecule has 2 aromatic heterocycles. The van der Waals surface area contributed by atoms with Gasteiger partial charge in [-0.05, 0) is 188 Å². The average Bonchev–Trinajstić information content (AvgIpc) is 4.19. The number of aromatic nitrogens is 3. The molecular weight excluding hydrogens is 963 g/mol. The summed E-state index contributed by atoms with van der Waals surface area (Å²) in [5.41, 5.74) is 21.5. The fourth-order valence-electron chi connectivity index (χ4n) is 16.0.